The third-order valence-electron chi connectivity index (χ3n) is 2.06. The predicted octanol–water partition coefficient (Wildman–Crippen LogP) is 0.720. The molecule has 1 aromatic heterocycles. The molecule has 0 bridgehead atoms. The topological polar surface area (TPSA) is 47.0 Å². The molecule has 0 radical (unpaired) electrons. The number of hydrogen-bond acceptors (Lipinski definition) is 3. The van der Waals surface area contributed by atoms with Gasteiger partial charge in [-0.1, -0.05) is 0 Å². The Balaban J connectivity index is 2.71. The number of rotatable bonds is 0. The third-order valence-corrected chi connectivity index (χ3v) is 3.84. The number of sulfone groups is 1. The average Bonchev–Trinajstić information content (AvgIpc) is 2.27. The first-order valence-corrected chi connectivity index (χ1v) is 5.43. The van der Waals surface area contributed by atoms with Crippen LogP contribution in [-0.2, 0) is 16.3 Å². The summed E-state index contributed by atoms with van der Waals surface area (Å²) in [5.74, 6) is 0.244. The molecule has 0 atom stereocenters. The highest BCUT2D eigenvalue weighted by atomic mass is 32.2. The van der Waals surface area contributed by atoms with Crippen LogP contribution in [-0.4, -0.2) is 19.2 Å². The number of pyridine rings is 1. The van der Waals surface area contributed by atoms with E-state index in [4.69, 9.17) is 0 Å². The zero-order valence-corrected chi connectivity index (χ0v) is 7.56. The third kappa shape index (κ3) is 1.03. The molecule has 2 rings (SSSR count). The minimum Gasteiger partial charge on any atom is -0.260 e. The molecule has 0 spiro atoms. The minimum atomic E-state index is -2.98. The van der Waals surface area contributed by atoms with E-state index in [1.165, 1.54) is 6.20 Å². The highest BCUT2D eigenvalue weighted by molar-refractivity contribution is 7.91. The van der Waals surface area contributed by atoms with Gasteiger partial charge in [-0.2, -0.15) is 0 Å². The van der Waals surface area contributed by atoms with Crippen LogP contribution in [0.1, 0.15) is 11.3 Å². The summed E-state index contributed by atoms with van der Waals surface area (Å²) in [7, 11) is -2.98. The van der Waals surface area contributed by atoms with E-state index in [2.05, 4.69) is 4.98 Å². The first-order chi connectivity index (χ1) is 5.59. The first kappa shape index (κ1) is 7.73. The van der Waals surface area contributed by atoms with Crippen molar-refractivity contribution in [3.8, 4) is 0 Å². The first-order valence-electron chi connectivity index (χ1n) is 3.78. The zero-order valence-electron chi connectivity index (χ0n) is 6.74. The molecule has 4 heteroatoms. The highest BCUT2D eigenvalue weighted by Gasteiger charge is 2.26. The molecule has 1 aliphatic rings. The maximum atomic E-state index is 11.3. The van der Waals surface area contributed by atoms with Gasteiger partial charge in [0.05, 0.1) is 10.6 Å². The maximum Gasteiger partial charge on any atom is 0.180 e. The Morgan fingerprint density at radius 1 is 1.50 bits per heavy atom. The molecule has 64 valence electrons. The van der Waals surface area contributed by atoms with Crippen LogP contribution in [0.5, 0.6) is 0 Å². The molecular weight excluding hydrogens is 174 g/mol. The lowest BCUT2D eigenvalue weighted by Gasteiger charge is -1.97. The van der Waals surface area contributed by atoms with E-state index in [0.717, 1.165) is 11.3 Å². The fraction of sp³-hybridized carbons (Fsp3) is 0.375. The van der Waals surface area contributed by atoms with Gasteiger partial charge in [0.1, 0.15) is 0 Å². The summed E-state index contributed by atoms with van der Waals surface area (Å²) in [6.07, 6.45) is 2.11. The Labute approximate surface area is 71.4 Å². The molecule has 0 aliphatic carbocycles. The van der Waals surface area contributed by atoms with Gasteiger partial charge >= 0.3 is 0 Å². The van der Waals surface area contributed by atoms with Gasteiger partial charge in [-0.25, -0.2) is 8.42 Å². The standard InChI is InChI=1S/C8H9NO2S/c1-6-4-7-2-3-12(10,11)8(7)5-9-6/h4-5H,2-3H2,1H3. The SMILES string of the molecule is Cc1cc2c(cn1)S(=O)(=O)CC2. The lowest BCUT2D eigenvalue weighted by molar-refractivity contribution is 0.599. The number of aryl methyl sites for hydroxylation is 2. The second kappa shape index (κ2) is 2.29. The number of fused-ring (bicyclic) bond motifs is 1. The Kier molecular flexibility index (Phi) is 1.48. The van der Waals surface area contributed by atoms with Gasteiger partial charge in [0.15, 0.2) is 9.84 Å². The van der Waals surface area contributed by atoms with E-state index in [0.29, 0.717) is 11.3 Å². The van der Waals surface area contributed by atoms with E-state index >= 15 is 0 Å². The smallest absolute Gasteiger partial charge is 0.180 e. The Morgan fingerprint density at radius 2 is 2.25 bits per heavy atom. The Morgan fingerprint density at radius 3 is 3.00 bits per heavy atom. The van der Waals surface area contributed by atoms with Crippen LogP contribution in [0, 0.1) is 6.92 Å². The molecule has 0 aromatic carbocycles. The average molecular weight is 183 g/mol. The molecular formula is C8H9NO2S. The molecule has 1 aromatic rings. The van der Waals surface area contributed by atoms with Gasteiger partial charge in [-0.15, -0.1) is 0 Å². The predicted molar refractivity (Wildman–Crippen MR) is 44.7 cm³/mol. The molecule has 12 heavy (non-hydrogen) atoms. The summed E-state index contributed by atoms with van der Waals surface area (Å²) in [5, 5.41) is 0. The van der Waals surface area contributed by atoms with Crippen molar-refractivity contribution in [1.29, 1.82) is 0 Å². The van der Waals surface area contributed by atoms with Gasteiger partial charge in [-0.3, -0.25) is 4.98 Å². The van der Waals surface area contributed by atoms with Crippen LogP contribution in [0.3, 0.4) is 0 Å². The zero-order chi connectivity index (χ0) is 8.77. The summed E-state index contributed by atoms with van der Waals surface area (Å²) in [5.41, 5.74) is 1.80. The van der Waals surface area contributed by atoms with Crippen molar-refractivity contribution in [2.75, 3.05) is 5.75 Å². The lowest BCUT2D eigenvalue weighted by atomic mass is 10.2. The van der Waals surface area contributed by atoms with Gasteiger partial charge < -0.3 is 0 Å². The van der Waals surface area contributed by atoms with Crippen molar-refractivity contribution in [3.63, 3.8) is 0 Å². The summed E-state index contributed by atoms with van der Waals surface area (Å²) in [4.78, 5) is 4.39. The van der Waals surface area contributed by atoms with Crippen molar-refractivity contribution in [1.82, 2.24) is 4.98 Å². The van der Waals surface area contributed by atoms with Crippen molar-refractivity contribution in [2.24, 2.45) is 0 Å². The second-order valence-electron chi connectivity index (χ2n) is 3.00. The van der Waals surface area contributed by atoms with E-state index in [1.807, 2.05) is 13.0 Å². The van der Waals surface area contributed by atoms with Crippen LogP contribution in [0.4, 0.5) is 0 Å². The largest absolute Gasteiger partial charge is 0.260 e. The normalized spacial score (nSPS) is 19.1. The van der Waals surface area contributed by atoms with Gasteiger partial charge in [-0.05, 0) is 25.0 Å². The Bertz CT molecular complexity index is 423. The highest BCUT2D eigenvalue weighted by Crippen LogP contribution is 2.24. The molecule has 2 heterocycles. The fourth-order valence-corrected chi connectivity index (χ4v) is 2.92. The monoisotopic (exact) mass is 183 g/mol. The van der Waals surface area contributed by atoms with E-state index in [9.17, 15) is 8.42 Å². The molecule has 0 amide bonds. The molecule has 0 unspecified atom stereocenters. The summed E-state index contributed by atoms with van der Waals surface area (Å²) in [6.45, 7) is 1.87. The van der Waals surface area contributed by atoms with E-state index < -0.39 is 9.84 Å². The van der Waals surface area contributed by atoms with Crippen LogP contribution in [0.15, 0.2) is 17.2 Å². The number of aromatic nitrogens is 1. The summed E-state index contributed by atoms with van der Waals surface area (Å²) in [6, 6.07) is 1.85. The number of nitrogens with zero attached hydrogens (tertiary/aromatic N) is 1. The maximum absolute atomic E-state index is 11.3. The summed E-state index contributed by atoms with van der Waals surface area (Å²) >= 11 is 0. The van der Waals surface area contributed by atoms with Gasteiger partial charge in [0, 0.05) is 11.9 Å². The van der Waals surface area contributed by atoms with Crippen molar-refractivity contribution < 1.29 is 8.42 Å². The van der Waals surface area contributed by atoms with Crippen LogP contribution >= 0.6 is 0 Å². The Hall–Kier alpha value is -0.900. The van der Waals surface area contributed by atoms with Gasteiger partial charge in [0.2, 0.25) is 0 Å². The second-order valence-corrected chi connectivity index (χ2v) is 5.08. The molecule has 0 saturated heterocycles. The molecule has 3 nitrogen and oxygen atoms in total. The van der Waals surface area contributed by atoms with E-state index in [1.54, 1.807) is 0 Å². The van der Waals surface area contributed by atoms with Crippen molar-refractivity contribution in [2.45, 2.75) is 18.2 Å². The minimum absolute atomic E-state index is 0.244. The quantitative estimate of drug-likeness (QED) is 0.595. The van der Waals surface area contributed by atoms with Crippen LogP contribution in [0.25, 0.3) is 0 Å². The van der Waals surface area contributed by atoms with E-state index in [-0.39, 0.29) is 5.75 Å². The lowest BCUT2D eigenvalue weighted by Crippen LogP contribution is -1.99. The van der Waals surface area contributed by atoms with Crippen LogP contribution < -0.4 is 0 Å². The summed E-state index contributed by atoms with van der Waals surface area (Å²) < 4.78 is 22.6. The van der Waals surface area contributed by atoms with Crippen LogP contribution in [0.2, 0.25) is 0 Å². The van der Waals surface area contributed by atoms with Crippen molar-refractivity contribution in [3.05, 3.63) is 23.5 Å². The molecule has 0 saturated carbocycles. The van der Waals surface area contributed by atoms with Crippen molar-refractivity contribution >= 4 is 9.84 Å². The number of hydrogen-bond donors (Lipinski definition) is 0. The fourth-order valence-electron chi connectivity index (χ4n) is 1.43. The molecule has 0 fully saturated rings. The molecule has 0 N–H and O–H groups in total. The van der Waals surface area contributed by atoms with Gasteiger partial charge in [0.25, 0.3) is 0 Å². The molecule has 1 aliphatic heterocycles.